The summed E-state index contributed by atoms with van der Waals surface area (Å²) in [5.41, 5.74) is -0.203. The van der Waals surface area contributed by atoms with Crippen LogP contribution in [0.2, 0.25) is 0 Å². The Labute approximate surface area is 92.1 Å². The summed E-state index contributed by atoms with van der Waals surface area (Å²) in [6.07, 6.45) is 3.41. The Balaban J connectivity index is 2.16. The van der Waals surface area contributed by atoms with Gasteiger partial charge in [-0.05, 0) is 33.2 Å². The van der Waals surface area contributed by atoms with Gasteiger partial charge in [-0.3, -0.25) is 4.79 Å². The van der Waals surface area contributed by atoms with Crippen molar-refractivity contribution in [2.75, 3.05) is 19.6 Å². The van der Waals surface area contributed by atoms with Crippen LogP contribution in [0.4, 0.5) is 0 Å². The molecule has 1 fully saturated rings. The Hall–Kier alpha value is -0.880. The molecular weight excluding hydrogens is 188 g/mol. The lowest BCUT2D eigenvalue weighted by Gasteiger charge is -2.26. The lowest BCUT2D eigenvalue weighted by molar-refractivity contribution is -0.121. The highest BCUT2D eigenvalue weighted by atomic mass is 16.1. The van der Waals surface area contributed by atoms with Crippen molar-refractivity contribution in [1.82, 2.24) is 4.90 Å². The van der Waals surface area contributed by atoms with E-state index in [1.165, 1.54) is 0 Å². The molecule has 1 aliphatic rings. The van der Waals surface area contributed by atoms with Crippen LogP contribution in [-0.2, 0) is 4.79 Å². The second-order valence-electron chi connectivity index (χ2n) is 4.98. The van der Waals surface area contributed by atoms with Crippen molar-refractivity contribution in [3.63, 3.8) is 0 Å². The molecule has 0 amide bonds. The number of carbonyl (C=O) groups is 1. The van der Waals surface area contributed by atoms with Gasteiger partial charge in [0.15, 0.2) is 0 Å². The number of likely N-dealkylation sites (tertiary alicyclic amines) is 1. The van der Waals surface area contributed by atoms with Gasteiger partial charge < -0.3 is 4.90 Å². The molecule has 0 aromatic rings. The zero-order valence-corrected chi connectivity index (χ0v) is 9.75. The summed E-state index contributed by atoms with van der Waals surface area (Å²) in [6.45, 7) is 6.80. The highest BCUT2D eigenvalue weighted by Crippen LogP contribution is 2.21. The number of hydrogen-bond donors (Lipinski definition) is 0. The number of rotatable bonds is 4. The van der Waals surface area contributed by atoms with E-state index < -0.39 is 0 Å². The maximum Gasteiger partial charge on any atom is 0.135 e. The molecule has 0 aromatic heterocycles. The molecule has 3 nitrogen and oxygen atoms in total. The van der Waals surface area contributed by atoms with E-state index in [4.69, 9.17) is 5.26 Å². The molecule has 0 aliphatic carbocycles. The molecule has 0 bridgehead atoms. The van der Waals surface area contributed by atoms with Crippen molar-refractivity contribution in [3.8, 4) is 6.07 Å². The van der Waals surface area contributed by atoms with Crippen LogP contribution in [-0.4, -0.2) is 30.3 Å². The average Bonchev–Trinajstić information content (AvgIpc) is 2.21. The zero-order valence-electron chi connectivity index (χ0n) is 9.75. The molecule has 0 aromatic carbocycles. The summed E-state index contributed by atoms with van der Waals surface area (Å²) in [7, 11) is 0. The molecule has 0 saturated carbocycles. The summed E-state index contributed by atoms with van der Waals surface area (Å²) < 4.78 is 0. The second-order valence-corrected chi connectivity index (χ2v) is 4.98. The molecule has 0 unspecified atom stereocenters. The molecule has 1 saturated heterocycles. The SMILES string of the molecule is CC(C)(C#N)CCCN1CCC(=O)CC1. The topological polar surface area (TPSA) is 44.1 Å². The van der Waals surface area contributed by atoms with Gasteiger partial charge in [0.25, 0.3) is 0 Å². The highest BCUT2D eigenvalue weighted by molar-refractivity contribution is 5.79. The molecule has 84 valence electrons. The van der Waals surface area contributed by atoms with Crippen molar-refractivity contribution in [2.45, 2.75) is 39.5 Å². The first kappa shape index (κ1) is 12.2. The monoisotopic (exact) mass is 208 g/mol. The standard InChI is InChI=1S/C12H20N2O/c1-12(2,10-13)6-3-7-14-8-4-11(15)5-9-14/h3-9H2,1-2H3. The van der Waals surface area contributed by atoms with E-state index in [0.717, 1.165) is 32.5 Å². The van der Waals surface area contributed by atoms with Crippen LogP contribution >= 0.6 is 0 Å². The zero-order chi connectivity index (χ0) is 11.3. The molecule has 1 aliphatic heterocycles. The van der Waals surface area contributed by atoms with Crippen molar-refractivity contribution in [1.29, 1.82) is 5.26 Å². The number of nitrogens with zero attached hydrogens (tertiary/aromatic N) is 2. The normalized spacial score (nSPS) is 18.9. The van der Waals surface area contributed by atoms with Gasteiger partial charge in [-0.25, -0.2) is 0 Å². The minimum Gasteiger partial charge on any atom is -0.302 e. The maximum absolute atomic E-state index is 11.0. The largest absolute Gasteiger partial charge is 0.302 e. The van der Waals surface area contributed by atoms with Gasteiger partial charge in [0.05, 0.1) is 11.5 Å². The van der Waals surface area contributed by atoms with Crippen LogP contribution in [0, 0.1) is 16.7 Å². The second kappa shape index (κ2) is 5.27. The summed E-state index contributed by atoms with van der Waals surface area (Å²) in [4.78, 5) is 13.3. The van der Waals surface area contributed by atoms with E-state index in [9.17, 15) is 4.79 Å². The molecule has 0 spiro atoms. The van der Waals surface area contributed by atoms with Crippen LogP contribution in [0.5, 0.6) is 0 Å². The number of piperidine rings is 1. The van der Waals surface area contributed by atoms with Gasteiger partial charge in [-0.15, -0.1) is 0 Å². The van der Waals surface area contributed by atoms with Crippen LogP contribution in [0.3, 0.4) is 0 Å². The molecule has 0 atom stereocenters. The van der Waals surface area contributed by atoms with E-state index >= 15 is 0 Å². The van der Waals surface area contributed by atoms with Crippen molar-refractivity contribution in [3.05, 3.63) is 0 Å². The number of Topliss-reactive ketones (excluding diaryl/α,β-unsaturated/α-hetero) is 1. The predicted octanol–water partition coefficient (Wildman–Crippen LogP) is 1.98. The molecule has 3 heteroatoms. The highest BCUT2D eigenvalue weighted by Gasteiger charge is 2.19. The summed E-state index contributed by atoms with van der Waals surface area (Å²) in [5.74, 6) is 0.392. The summed E-state index contributed by atoms with van der Waals surface area (Å²) >= 11 is 0. The molecule has 0 N–H and O–H groups in total. The molecule has 1 heterocycles. The first-order chi connectivity index (χ1) is 7.03. The lowest BCUT2D eigenvalue weighted by Crippen LogP contribution is -2.34. The first-order valence-electron chi connectivity index (χ1n) is 5.69. The van der Waals surface area contributed by atoms with Crippen molar-refractivity contribution < 1.29 is 4.79 Å². The average molecular weight is 208 g/mol. The van der Waals surface area contributed by atoms with Crippen LogP contribution in [0.25, 0.3) is 0 Å². The fourth-order valence-corrected chi connectivity index (χ4v) is 1.83. The van der Waals surface area contributed by atoms with Gasteiger partial charge in [-0.2, -0.15) is 5.26 Å². The Kier molecular flexibility index (Phi) is 4.28. The number of carbonyl (C=O) groups excluding carboxylic acids is 1. The Bertz CT molecular complexity index is 255. The Morgan fingerprint density at radius 2 is 2.00 bits per heavy atom. The third-order valence-electron chi connectivity index (χ3n) is 2.99. The number of ketones is 1. The third-order valence-corrected chi connectivity index (χ3v) is 2.99. The van der Waals surface area contributed by atoms with E-state index in [2.05, 4.69) is 11.0 Å². The van der Waals surface area contributed by atoms with Crippen LogP contribution < -0.4 is 0 Å². The maximum atomic E-state index is 11.0. The molecule has 15 heavy (non-hydrogen) atoms. The van der Waals surface area contributed by atoms with E-state index in [-0.39, 0.29) is 5.41 Å². The lowest BCUT2D eigenvalue weighted by atomic mass is 9.89. The van der Waals surface area contributed by atoms with Gasteiger partial charge in [0.1, 0.15) is 5.78 Å². The molecule has 1 rings (SSSR count). The fourth-order valence-electron chi connectivity index (χ4n) is 1.83. The van der Waals surface area contributed by atoms with E-state index in [1.807, 2.05) is 13.8 Å². The van der Waals surface area contributed by atoms with Gasteiger partial charge >= 0.3 is 0 Å². The number of hydrogen-bond acceptors (Lipinski definition) is 3. The van der Waals surface area contributed by atoms with Gasteiger partial charge in [0, 0.05) is 25.9 Å². The van der Waals surface area contributed by atoms with E-state index in [0.29, 0.717) is 18.6 Å². The smallest absolute Gasteiger partial charge is 0.135 e. The van der Waals surface area contributed by atoms with Crippen molar-refractivity contribution in [2.24, 2.45) is 5.41 Å². The fraction of sp³-hybridized carbons (Fsp3) is 0.833. The Morgan fingerprint density at radius 3 is 2.53 bits per heavy atom. The quantitative estimate of drug-likeness (QED) is 0.709. The summed E-state index contributed by atoms with van der Waals surface area (Å²) in [6, 6.07) is 2.31. The minimum absolute atomic E-state index is 0.203. The molecular formula is C12H20N2O. The number of nitriles is 1. The molecule has 0 radical (unpaired) electrons. The van der Waals surface area contributed by atoms with Crippen LogP contribution in [0.15, 0.2) is 0 Å². The predicted molar refractivity (Wildman–Crippen MR) is 59.3 cm³/mol. The Morgan fingerprint density at radius 1 is 1.40 bits per heavy atom. The van der Waals surface area contributed by atoms with Gasteiger partial charge in [0.2, 0.25) is 0 Å². The van der Waals surface area contributed by atoms with Crippen LogP contribution in [0.1, 0.15) is 39.5 Å². The third kappa shape index (κ3) is 4.44. The van der Waals surface area contributed by atoms with Gasteiger partial charge in [-0.1, -0.05) is 0 Å². The summed E-state index contributed by atoms with van der Waals surface area (Å²) in [5, 5.41) is 8.86. The first-order valence-corrected chi connectivity index (χ1v) is 5.69. The van der Waals surface area contributed by atoms with E-state index in [1.54, 1.807) is 0 Å². The van der Waals surface area contributed by atoms with Crippen molar-refractivity contribution >= 4 is 5.78 Å². The minimum atomic E-state index is -0.203.